The van der Waals surface area contributed by atoms with E-state index in [0.717, 1.165) is 23.1 Å². The number of aromatic nitrogens is 1. The van der Waals surface area contributed by atoms with E-state index in [1.807, 2.05) is 0 Å². The van der Waals surface area contributed by atoms with Crippen molar-refractivity contribution in [2.75, 3.05) is 26.3 Å². The number of primary amides is 1. The van der Waals surface area contributed by atoms with Crippen LogP contribution < -0.4 is 10.6 Å². The zero-order valence-electron chi connectivity index (χ0n) is 17.7. The second-order valence-electron chi connectivity index (χ2n) is 8.10. The summed E-state index contributed by atoms with van der Waals surface area (Å²) in [6, 6.07) is 4.95. The molecule has 3 aliphatic rings. The molecule has 5 amide bonds. The molecule has 0 aliphatic carbocycles. The van der Waals surface area contributed by atoms with Gasteiger partial charge in [0.25, 0.3) is 5.91 Å². The van der Waals surface area contributed by atoms with Crippen LogP contribution in [0.1, 0.15) is 16.4 Å². The summed E-state index contributed by atoms with van der Waals surface area (Å²) in [5, 5.41) is 9.16. The van der Waals surface area contributed by atoms with Crippen LogP contribution in [-0.4, -0.2) is 74.8 Å². The topological polar surface area (TPSA) is 152 Å². The maximum absolute atomic E-state index is 13.1. The number of aromatic hydroxyl groups is 1. The number of morpholine rings is 1. The van der Waals surface area contributed by atoms with Crippen LogP contribution in [0.25, 0.3) is 0 Å². The van der Waals surface area contributed by atoms with Crippen molar-refractivity contribution in [3.8, 4) is 5.75 Å². The normalized spacial score (nSPS) is 24.2. The summed E-state index contributed by atoms with van der Waals surface area (Å²) in [7, 11) is 0. The Morgan fingerprint density at radius 2 is 1.76 bits per heavy atom. The average Bonchev–Trinajstić information content (AvgIpc) is 3.26. The number of urea groups is 1. The lowest BCUT2D eigenvalue weighted by Crippen LogP contribution is -2.43. The van der Waals surface area contributed by atoms with E-state index in [4.69, 9.17) is 10.5 Å². The number of imide groups is 3. The highest BCUT2D eigenvalue weighted by Crippen LogP contribution is 2.53. The van der Waals surface area contributed by atoms with E-state index < -0.39 is 34.9 Å². The van der Waals surface area contributed by atoms with Gasteiger partial charge in [0.15, 0.2) is 0 Å². The van der Waals surface area contributed by atoms with Gasteiger partial charge >= 0.3 is 10.9 Å². The number of ether oxygens (including phenoxy) is 1. The van der Waals surface area contributed by atoms with Crippen molar-refractivity contribution < 1.29 is 29.0 Å². The van der Waals surface area contributed by atoms with Gasteiger partial charge in [-0.3, -0.25) is 23.7 Å². The number of phenols is 1. The zero-order chi connectivity index (χ0) is 24.1. The van der Waals surface area contributed by atoms with E-state index in [9.17, 15) is 29.1 Å². The molecule has 3 aliphatic heterocycles. The number of nitrogens with two attached hydrogens (primary N) is 1. The quantitative estimate of drug-likeness (QED) is 0.560. The van der Waals surface area contributed by atoms with E-state index in [-0.39, 0.29) is 23.1 Å². The number of hydrogen-bond donors (Lipinski definition) is 2. The number of carbonyl (C=O) groups excluding carboxylic acids is 4. The van der Waals surface area contributed by atoms with Gasteiger partial charge in [0.2, 0.25) is 11.8 Å². The minimum absolute atomic E-state index is 0.0140. The summed E-state index contributed by atoms with van der Waals surface area (Å²) in [6.07, 6.45) is 0. The van der Waals surface area contributed by atoms with Crippen LogP contribution in [0.4, 0.5) is 4.79 Å². The van der Waals surface area contributed by atoms with Gasteiger partial charge in [-0.2, -0.15) is 4.90 Å². The summed E-state index contributed by atoms with van der Waals surface area (Å²) in [4.78, 5) is 66.0. The molecule has 1 aromatic heterocycles. The molecule has 5 rings (SSSR count). The number of likely N-dealkylation sites (tertiary alicyclic amines) is 1. The van der Waals surface area contributed by atoms with Crippen LogP contribution in [-0.2, 0) is 25.7 Å². The van der Waals surface area contributed by atoms with E-state index in [0.29, 0.717) is 46.7 Å². The number of hydrogen-bond acceptors (Lipinski definition) is 9. The lowest BCUT2D eigenvalue weighted by atomic mass is 9.83. The van der Waals surface area contributed by atoms with Gasteiger partial charge in [-0.1, -0.05) is 35.2 Å². The van der Waals surface area contributed by atoms with Crippen molar-refractivity contribution in [1.29, 1.82) is 0 Å². The predicted octanol–water partition coefficient (Wildman–Crippen LogP) is 0.144. The summed E-state index contributed by atoms with van der Waals surface area (Å²) < 4.78 is 6.61. The van der Waals surface area contributed by atoms with Gasteiger partial charge in [-0.15, -0.1) is 0 Å². The van der Waals surface area contributed by atoms with Crippen molar-refractivity contribution in [2.45, 2.75) is 22.7 Å². The Morgan fingerprint density at radius 3 is 2.41 bits per heavy atom. The fourth-order valence-electron chi connectivity index (χ4n) is 4.56. The Labute approximate surface area is 201 Å². The van der Waals surface area contributed by atoms with Gasteiger partial charge in [-0.05, 0) is 17.7 Å². The molecule has 34 heavy (non-hydrogen) atoms. The predicted molar refractivity (Wildman–Crippen MR) is 120 cm³/mol. The van der Waals surface area contributed by atoms with E-state index in [1.54, 1.807) is 17.0 Å². The molecule has 0 unspecified atom stereocenters. The second-order valence-corrected chi connectivity index (χ2v) is 10.2. The van der Waals surface area contributed by atoms with Gasteiger partial charge < -0.3 is 20.5 Å². The molecule has 3 N–H and O–H groups in total. The third-order valence-corrected chi connectivity index (χ3v) is 8.78. The Morgan fingerprint density at radius 1 is 1.09 bits per heavy atom. The fraction of sp³-hybridized carbons (Fsp3) is 0.381. The zero-order valence-corrected chi connectivity index (χ0v) is 19.3. The van der Waals surface area contributed by atoms with Gasteiger partial charge in [0, 0.05) is 23.9 Å². The third-order valence-electron chi connectivity index (χ3n) is 6.18. The van der Waals surface area contributed by atoms with Gasteiger partial charge in [-0.25, -0.2) is 4.79 Å². The standard InChI is InChI=1S/C21H20N4O7S2/c22-20(30)25-17(28)14-13(10-1-3-11(26)4-2-10)16-19(33-15(14)18(25)29)24(21(31)34-16)9-12(27)23-5-7-32-8-6-23/h1-4,13-15,26H,5-9H2,(H2,22,30)/t13-,14+,15-/m0/s1. The molecule has 2 aromatic rings. The minimum atomic E-state index is -1.15. The Bertz CT molecular complexity index is 1250. The molecule has 0 spiro atoms. The fourth-order valence-corrected chi connectivity index (χ4v) is 7.33. The molecule has 3 atom stereocenters. The summed E-state index contributed by atoms with van der Waals surface area (Å²) in [6.45, 7) is 1.48. The first-order chi connectivity index (χ1) is 16.3. The summed E-state index contributed by atoms with van der Waals surface area (Å²) in [5.41, 5.74) is 5.90. The van der Waals surface area contributed by atoms with E-state index >= 15 is 0 Å². The first-order valence-electron chi connectivity index (χ1n) is 10.5. The van der Waals surface area contributed by atoms with Crippen LogP contribution in [0, 0.1) is 5.92 Å². The molecular weight excluding hydrogens is 484 g/mol. The number of benzene rings is 1. The van der Waals surface area contributed by atoms with Crippen LogP contribution in [0.3, 0.4) is 0 Å². The number of amides is 5. The van der Waals surface area contributed by atoms with Crippen molar-refractivity contribution in [2.24, 2.45) is 11.7 Å². The largest absolute Gasteiger partial charge is 0.508 e. The Hall–Kier alpha value is -3.16. The molecule has 11 nitrogen and oxygen atoms in total. The molecule has 2 saturated heterocycles. The molecule has 178 valence electrons. The molecule has 13 heteroatoms. The maximum atomic E-state index is 13.1. The summed E-state index contributed by atoms with van der Waals surface area (Å²) in [5.74, 6) is -3.38. The van der Waals surface area contributed by atoms with E-state index in [1.165, 1.54) is 16.7 Å². The number of phenolic OH excluding ortho intramolecular Hbond substituents is 1. The lowest BCUT2D eigenvalue weighted by Gasteiger charge is -2.31. The van der Waals surface area contributed by atoms with Gasteiger partial charge in [0.05, 0.1) is 24.2 Å². The molecule has 0 saturated carbocycles. The second kappa shape index (κ2) is 8.56. The number of thiazole rings is 1. The number of nitrogens with zero attached hydrogens (tertiary/aromatic N) is 3. The minimum Gasteiger partial charge on any atom is -0.508 e. The lowest BCUT2D eigenvalue weighted by molar-refractivity contribution is -0.137. The van der Waals surface area contributed by atoms with Crippen molar-refractivity contribution in [1.82, 2.24) is 14.4 Å². The number of fused-ring (bicyclic) bond motifs is 2. The van der Waals surface area contributed by atoms with Crippen LogP contribution in [0.5, 0.6) is 5.75 Å². The van der Waals surface area contributed by atoms with Crippen molar-refractivity contribution in [3.63, 3.8) is 0 Å². The molecule has 1 aromatic carbocycles. The number of thioether (sulfide) groups is 1. The number of carbonyl (C=O) groups is 4. The maximum Gasteiger partial charge on any atom is 0.328 e. The smallest absolute Gasteiger partial charge is 0.328 e. The monoisotopic (exact) mass is 504 g/mol. The molecule has 2 fully saturated rings. The SMILES string of the molecule is NC(=O)N1C(=O)[C@@H]2[C@H](c3ccc(O)cc3)c3sc(=O)n(CC(=O)N4CCOCC4)c3S[C@@H]2C1=O. The molecule has 4 heterocycles. The first kappa shape index (κ1) is 22.6. The van der Waals surface area contributed by atoms with Crippen molar-refractivity contribution in [3.05, 3.63) is 44.4 Å². The summed E-state index contributed by atoms with van der Waals surface area (Å²) >= 11 is 1.91. The highest BCUT2D eigenvalue weighted by molar-refractivity contribution is 8.00. The molecule has 0 radical (unpaired) electrons. The Balaban J connectivity index is 1.59. The molecular formula is C21H20N4O7S2. The first-order valence-corrected chi connectivity index (χ1v) is 12.2. The van der Waals surface area contributed by atoms with Crippen molar-refractivity contribution >= 4 is 46.9 Å². The van der Waals surface area contributed by atoms with Crippen LogP contribution in [0.2, 0.25) is 0 Å². The van der Waals surface area contributed by atoms with E-state index in [2.05, 4.69) is 0 Å². The average molecular weight is 505 g/mol. The Kier molecular flexibility index (Phi) is 5.70. The third kappa shape index (κ3) is 3.60. The molecule has 0 bridgehead atoms. The highest BCUT2D eigenvalue weighted by Gasteiger charge is 2.57. The highest BCUT2D eigenvalue weighted by atomic mass is 32.2. The van der Waals surface area contributed by atoms with Gasteiger partial charge in [0.1, 0.15) is 17.5 Å². The number of rotatable bonds is 3. The van der Waals surface area contributed by atoms with Crippen LogP contribution >= 0.6 is 23.1 Å². The van der Waals surface area contributed by atoms with Crippen LogP contribution in [0.15, 0.2) is 34.1 Å².